The first kappa shape index (κ1) is 11.6. The standard InChI is InChI=1S/C13H15NO3/c1-8-6-10-2-4-12(15)14-11(10)7-9(8)3-5-13(16)17/h6-7H,2-5H2,1H3,(H,14,15)(H,16,17). The van der Waals surface area contributed by atoms with Crippen LogP contribution in [0.2, 0.25) is 0 Å². The molecule has 1 aromatic rings. The number of benzene rings is 1. The topological polar surface area (TPSA) is 66.4 Å². The Morgan fingerprint density at radius 3 is 2.88 bits per heavy atom. The SMILES string of the molecule is Cc1cc2c(cc1CCC(=O)O)NC(=O)CC2. The second kappa shape index (κ2) is 4.57. The molecule has 4 heteroatoms. The van der Waals surface area contributed by atoms with Gasteiger partial charge in [-0.1, -0.05) is 6.07 Å². The first-order valence-electron chi connectivity index (χ1n) is 5.70. The fraction of sp³-hybridized carbons (Fsp3) is 0.385. The highest BCUT2D eigenvalue weighted by Crippen LogP contribution is 2.26. The molecular weight excluding hydrogens is 218 g/mol. The summed E-state index contributed by atoms with van der Waals surface area (Å²) in [5, 5.41) is 11.5. The molecule has 1 aromatic carbocycles. The van der Waals surface area contributed by atoms with Gasteiger partial charge in [0.1, 0.15) is 0 Å². The van der Waals surface area contributed by atoms with Gasteiger partial charge in [-0.3, -0.25) is 9.59 Å². The molecule has 2 rings (SSSR count). The first-order chi connectivity index (χ1) is 8.06. The van der Waals surface area contributed by atoms with Crippen LogP contribution in [-0.2, 0) is 22.4 Å². The number of anilines is 1. The van der Waals surface area contributed by atoms with Crippen molar-refractivity contribution in [2.75, 3.05) is 5.32 Å². The molecule has 1 aliphatic rings. The number of rotatable bonds is 3. The maximum absolute atomic E-state index is 11.3. The Balaban J connectivity index is 2.25. The van der Waals surface area contributed by atoms with Crippen LogP contribution in [0.1, 0.15) is 29.5 Å². The second-order valence-electron chi connectivity index (χ2n) is 4.38. The van der Waals surface area contributed by atoms with Gasteiger partial charge in [0.2, 0.25) is 5.91 Å². The second-order valence-corrected chi connectivity index (χ2v) is 4.38. The number of hydrogen-bond donors (Lipinski definition) is 2. The molecule has 0 bridgehead atoms. The van der Waals surface area contributed by atoms with Crippen LogP contribution < -0.4 is 5.32 Å². The molecule has 90 valence electrons. The summed E-state index contributed by atoms with van der Waals surface area (Å²) in [6, 6.07) is 3.95. The van der Waals surface area contributed by atoms with Gasteiger partial charge in [-0.15, -0.1) is 0 Å². The number of carboxylic acids is 1. The quantitative estimate of drug-likeness (QED) is 0.837. The summed E-state index contributed by atoms with van der Waals surface area (Å²) in [6.45, 7) is 1.98. The summed E-state index contributed by atoms with van der Waals surface area (Å²) >= 11 is 0. The fourth-order valence-corrected chi connectivity index (χ4v) is 2.11. The Bertz CT molecular complexity index is 480. The molecule has 0 saturated carbocycles. The van der Waals surface area contributed by atoms with E-state index < -0.39 is 5.97 Å². The Morgan fingerprint density at radius 1 is 1.41 bits per heavy atom. The van der Waals surface area contributed by atoms with E-state index in [1.807, 2.05) is 19.1 Å². The van der Waals surface area contributed by atoms with Crippen LogP contribution in [0, 0.1) is 6.92 Å². The molecular formula is C13H15NO3. The van der Waals surface area contributed by atoms with Crippen LogP contribution >= 0.6 is 0 Å². The van der Waals surface area contributed by atoms with Gasteiger partial charge in [-0.05, 0) is 42.5 Å². The van der Waals surface area contributed by atoms with Gasteiger partial charge in [0.15, 0.2) is 0 Å². The molecule has 0 aliphatic carbocycles. The van der Waals surface area contributed by atoms with Crippen LogP contribution in [0.25, 0.3) is 0 Å². The van der Waals surface area contributed by atoms with Crippen molar-refractivity contribution >= 4 is 17.6 Å². The minimum Gasteiger partial charge on any atom is -0.481 e. The summed E-state index contributed by atoms with van der Waals surface area (Å²) in [7, 11) is 0. The fourth-order valence-electron chi connectivity index (χ4n) is 2.11. The van der Waals surface area contributed by atoms with Crippen molar-refractivity contribution < 1.29 is 14.7 Å². The Labute approximate surface area is 99.6 Å². The molecule has 0 unspecified atom stereocenters. The average Bonchev–Trinajstić information content (AvgIpc) is 2.26. The third kappa shape index (κ3) is 2.64. The van der Waals surface area contributed by atoms with E-state index in [0.717, 1.165) is 28.8 Å². The van der Waals surface area contributed by atoms with Crippen molar-refractivity contribution in [1.29, 1.82) is 0 Å². The zero-order chi connectivity index (χ0) is 12.4. The van der Waals surface area contributed by atoms with Crippen molar-refractivity contribution in [1.82, 2.24) is 0 Å². The van der Waals surface area contributed by atoms with Crippen LogP contribution in [0.3, 0.4) is 0 Å². The largest absolute Gasteiger partial charge is 0.481 e. The van der Waals surface area contributed by atoms with Gasteiger partial charge in [-0.2, -0.15) is 0 Å². The summed E-state index contributed by atoms with van der Waals surface area (Å²) in [5.74, 6) is -0.767. The van der Waals surface area contributed by atoms with Crippen molar-refractivity contribution in [2.24, 2.45) is 0 Å². The van der Waals surface area contributed by atoms with E-state index in [9.17, 15) is 9.59 Å². The molecule has 0 aromatic heterocycles. The number of nitrogens with one attached hydrogen (secondary N) is 1. The van der Waals surface area contributed by atoms with Gasteiger partial charge in [-0.25, -0.2) is 0 Å². The number of amides is 1. The summed E-state index contributed by atoms with van der Waals surface area (Å²) in [5.41, 5.74) is 4.07. The van der Waals surface area contributed by atoms with E-state index in [2.05, 4.69) is 5.32 Å². The minimum atomic E-state index is -0.800. The third-order valence-electron chi connectivity index (χ3n) is 3.07. The Hall–Kier alpha value is -1.84. The predicted octanol–water partition coefficient (Wildman–Crippen LogP) is 1.90. The molecule has 2 N–H and O–H groups in total. The molecule has 17 heavy (non-hydrogen) atoms. The van der Waals surface area contributed by atoms with E-state index in [-0.39, 0.29) is 12.3 Å². The van der Waals surface area contributed by atoms with Gasteiger partial charge >= 0.3 is 5.97 Å². The van der Waals surface area contributed by atoms with E-state index in [0.29, 0.717) is 12.8 Å². The Kier molecular flexibility index (Phi) is 3.13. The van der Waals surface area contributed by atoms with E-state index >= 15 is 0 Å². The first-order valence-corrected chi connectivity index (χ1v) is 5.70. The molecule has 1 amide bonds. The van der Waals surface area contributed by atoms with Crippen LogP contribution in [0.15, 0.2) is 12.1 Å². The minimum absolute atomic E-state index is 0.0329. The number of aryl methyl sites for hydroxylation is 3. The molecule has 0 atom stereocenters. The maximum Gasteiger partial charge on any atom is 0.303 e. The summed E-state index contributed by atoms with van der Waals surface area (Å²) < 4.78 is 0. The number of fused-ring (bicyclic) bond motifs is 1. The Morgan fingerprint density at radius 2 is 2.18 bits per heavy atom. The van der Waals surface area contributed by atoms with Crippen LogP contribution in [-0.4, -0.2) is 17.0 Å². The van der Waals surface area contributed by atoms with Crippen LogP contribution in [0.5, 0.6) is 0 Å². The lowest BCUT2D eigenvalue weighted by atomic mass is 9.95. The lowest BCUT2D eigenvalue weighted by Crippen LogP contribution is -2.19. The number of aliphatic carboxylic acids is 1. The number of hydrogen-bond acceptors (Lipinski definition) is 2. The predicted molar refractivity (Wildman–Crippen MR) is 64.1 cm³/mol. The van der Waals surface area contributed by atoms with Crippen molar-refractivity contribution in [3.05, 3.63) is 28.8 Å². The molecule has 4 nitrogen and oxygen atoms in total. The number of carbonyl (C=O) groups is 2. The van der Waals surface area contributed by atoms with Gasteiger partial charge in [0.05, 0.1) is 0 Å². The molecule has 0 saturated heterocycles. The van der Waals surface area contributed by atoms with E-state index in [1.54, 1.807) is 0 Å². The monoisotopic (exact) mass is 233 g/mol. The zero-order valence-corrected chi connectivity index (χ0v) is 9.75. The van der Waals surface area contributed by atoms with E-state index in [4.69, 9.17) is 5.11 Å². The molecule has 0 spiro atoms. The van der Waals surface area contributed by atoms with Gasteiger partial charge < -0.3 is 10.4 Å². The number of carboxylic acid groups (broad SMARTS) is 1. The molecule has 0 fully saturated rings. The molecule has 1 heterocycles. The lowest BCUT2D eigenvalue weighted by Gasteiger charge is -2.19. The van der Waals surface area contributed by atoms with Crippen molar-refractivity contribution in [2.45, 2.75) is 32.6 Å². The zero-order valence-electron chi connectivity index (χ0n) is 9.75. The summed E-state index contributed by atoms with van der Waals surface area (Å²) in [4.78, 5) is 21.8. The molecule has 1 aliphatic heterocycles. The highest BCUT2D eigenvalue weighted by molar-refractivity contribution is 5.94. The van der Waals surface area contributed by atoms with Gasteiger partial charge in [0, 0.05) is 18.5 Å². The van der Waals surface area contributed by atoms with Crippen LogP contribution in [0.4, 0.5) is 5.69 Å². The summed E-state index contributed by atoms with van der Waals surface area (Å²) in [6.07, 6.45) is 1.92. The maximum atomic E-state index is 11.3. The number of carbonyl (C=O) groups excluding carboxylic acids is 1. The lowest BCUT2D eigenvalue weighted by molar-refractivity contribution is -0.137. The van der Waals surface area contributed by atoms with Gasteiger partial charge in [0.25, 0.3) is 0 Å². The average molecular weight is 233 g/mol. The smallest absolute Gasteiger partial charge is 0.303 e. The molecule has 0 radical (unpaired) electrons. The van der Waals surface area contributed by atoms with Crippen molar-refractivity contribution in [3.8, 4) is 0 Å². The van der Waals surface area contributed by atoms with Crippen molar-refractivity contribution in [3.63, 3.8) is 0 Å². The third-order valence-corrected chi connectivity index (χ3v) is 3.07. The highest BCUT2D eigenvalue weighted by atomic mass is 16.4. The highest BCUT2D eigenvalue weighted by Gasteiger charge is 2.16. The van der Waals surface area contributed by atoms with E-state index in [1.165, 1.54) is 0 Å². The normalized spacial score (nSPS) is 14.1.